The van der Waals surface area contributed by atoms with Crippen LogP contribution in [0, 0.1) is 5.92 Å². The van der Waals surface area contributed by atoms with Crippen LogP contribution in [0.3, 0.4) is 0 Å². The monoisotopic (exact) mass is 261 g/mol. The standard InChI is InChI=1S/C14H19N3O2/c15-12-2-1-10(7-11(12)14(18)19)16-13-8-17-5-3-9(13)4-6-17/h1-2,7,9,13,16H,3-6,8,15H2,(H,18,19). The number of fused-ring (bicyclic) bond motifs is 3. The Balaban J connectivity index is 1.76. The number of carboxylic acids is 1. The minimum atomic E-state index is -0.977. The molecule has 0 saturated carbocycles. The van der Waals surface area contributed by atoms with Crippen molar-refractivity contribution >= 4 is 17.3 Å². The highest BCUT2D eigenvalue weighted by molar-refractivity contribution is 5.94. The summed E-state index contributed by atoms with van der Waals surface area (Å²) in [5, 5.41) is 12.6. The molecule has 0 aromatic heterocycles. The highest BCUT2D eigenvalue weighted by Crippen LogP contribution is 2.30. The number of piperidine rings is 3. The van der Waals surface area contributed by atoms with Gasteiger partial charge in [0.2, 0.25) is 0 Å². The van der Waals surface area contributed by atoms with Crippen molar-refractivity contribution in [1.29, 1.82) is 0 Å². The summed E-state index contributed by atoms with van der Waals surface area (Å²) in [6, 6.07) is 5.58. The number of hydrogen-bond acceptors (Lipinski definition) is 4. The summed E-state index contributed by atoms with van der Waals surface area (Å²) in [6.07, 6.45) is 2.47. The Hall–Kier alpha value is -1.75. The Morgan fingerprint density at radius 3 is 2.68 bits per heavy atom. The number of hydrogen-bond donors (Lipinski definition) is 3. The van der Waals surface area contributed by atoms with E-state index < -0.39 is 5.97 Å². The first-order valence-corrected chi connectivity index (χ1v) is 6.75. The fourth-order valence-corrected chi connectivity index (χ4v) is 3.17. The first kappa shape index (κ1) is 12.3. The largest absolute Gasteiger partial charge is 0.478 e. The third-order valence-electron chi connectivity index (χ3n) is 4.29. The van der Waals surface area contributed by atoms with Crippen molar-refractivity contribution in [1.82, 2.24) is 4.90 Å². The number of carboxylic acid groups (broad SMARTS) is 1. The van der Waals surface area contributed by atoms with E-state index in [0.717, 1.165) is 12.2 Å². The Bertz CT molecular complexity index is 495. The molecular weight excluding hydrogens is 242 g/mol. The number of benzene rings is 1. The number of carbonyl (C=O) groups is 1. The lowest BCUT2D eigenvalue weighted by Crippen LogP contribution is -2.53. The summed E-state index contributed by atoms with van der Waals surface area (Å²) in [7, 11) is 0. The minimum absolute atomic E-state index is 0.172. The van der Waals surface area contributed by atoms with E-state index in [1.165, 1.54) is 25.9 Å². The smallest absolute Gasteiger partial charge is 0.337 e. The molecule has 3 fully saturated rings. The van der Waals surface area contributed by atoms with Gasteiger partial charge in [0.05, 0.1) is 5.56 Å². The maximum absolute atomic E-state index is 11.1. The predicted octanol–water partition coefficient (Wildman–Crippen LogP) is 1.47. The molecule has 0 aliphatic carbocycles. The molecule has 19 heavy (non-hydrogen) atoms. The van der Waals surface area contributed by atoms with Gasteiger partial charge in [0.25, 0.3) is 0 Å². The highest BCUT2D eigenvalue weighted by Gasteiger charge is 2.33. The van der Waals surface area contributed by atoms with Gasteiger partial charge in [0, 0.05) is 24.0 Å². The summed E-state index contributed by atoms with van der Waals surface area (Å²) < 4.78 is 0. The lowest BCUT2D eigenvalue weighted by atomic mass is 9.84. The molecule has 4 rings (SSSR count). The number of nitrogens with zero attached hydrogens (tertiary/aromatic N) is 1. The van der Waals surface area contributed by atoms with Crippen LogP contribution in [0.4, 0.5) is 11.4 Å². The van der Waals surface area contributed by atoms with Crippen LogP contribution in [-0.4, -0.2) is 41.7 Å². The van der Waals surface area contributed by atoms with E-state index in [0.29, 0.717) is 17.6 Å². The van der Waals surface area contributed by atoms with Crippen molar-refractivity contribution in [2.24, 2.45) is 5.92 Å². The van der Waals surface area contributed by atoms with Gasteiger partial charge in [-0.15, -0.1) is 0 Å². The topological polar surface area (TPSA) is 78.6 Å². The lowest BCUT2D eigenvalue weighted by Gasteiger charge is -2.45. The van der Waals surface area contributed by atoms with Crippen molar-refractivity contribution in [3.8, 4) is 0 Å². The van der Waals surface area contributed by atoms with E-state index in [9.17, 15) is 4.79 Å². The molecule has 3 saturated heterocycles. The van der Waals surface area contributed by atoms with Gasteiger partial charge < -0.3 is 21.1 Å². The van der Waals surface area contributed by atoms with E-state index in [2.05, 4.69) is 10.2 Å². The number of nitrogen functional groups attached to an aromatic ring is 1. The molecule has 1 aromatic carbocycles. The first-order chi connectivity index (χ1) is 9.13. The Kier molecular flexibility index (Phi) is 3.06. The van der Waals surface area contributed by atoms with Crippen molar-refractivity contribution in [2.75, 3.05) is 30.7 Å². The number of anilines is 2. The molecule has 2 bridgehead atoms. The predicted molar refractivity (Wildman–Crippen MR) is 74.4 cm³/mol. The average Bonchev–Trinajstić information content (AvgIpc) is 2.42. The second-order valence-corrected chi connectivity index (χ2v) is 5.50. The molecule has 1 atom stereocenters. The number of nitrogens with one attached hydrogen (secondary N) is 1. The summed E-state index contributed by atoms with van der Waals surface area (Å²) >= 11 is 0. The van der Waals surface area contributed by atoms with E-state index in [-0.39, 0.29) is 5.56 Å². The van der Waals surface area contributed by atoms with Crippen LogP contribution in [-0.2, 0) is 0 Å². The maximum atomic E-state index is 11.1. The normalized spacial score (nSPS) is 29.2. The van der Waals surface area contributed by atoms with E-state index in [1.54, 1.807) is 12.1 Å². The zero-order valence-corrected chi connectivity index (χ0v) is 10.8. The highest BCUT2D eigenvalue weighted by atomic mass is 16.4. The fraction of sp³-hybridized carbons (Fsp3) is 0.500. The van der Waals surface area contributed by atoms with Gasteiger partial charge in [-0.05, 0) is 50.0 Å². The van der Waals surface area contributed by atoms with Gasteiger partial charge in [-0.2, -0.15) is 0 Å². The van der Waals surface area contributed by atoms with Crippen molar-refractivity contribution in [3.05, 3.63) is 23.8 Å². The van der Waals surface area contributed by atoms with Gasteiger partial charge in [0.15, 0.2) is 0 Å². The summed E-state index contributed by atoms with van der Waals surface area (Å²) in [4.78, 5) is 13.5. The number of nitrogens with two attached hydrogens (primary N) is 1. The van der Waals surface area contributed by atoms with Gasteiger partial charge in [-0.1, -0.05) is 0 Å². The van der Waals surface area contributed by atoms with Crippen molar-refractivity contribution in [3.63, 3.8) is 0 Å². The molecule has 102 valence electrons. The minimum Gasteiger partial charge on any atom is -0.478 e. The molecule has 1 aromatic rings. The van der Waals surface area contributed by atoms with Crippen LogP contribution in [0.25, 0.3) is 0 Å². The Morgan fingerprint density at radius 2 is 2.11 bits per heavy atom. The van der Waals surface area contributed by atoms with E-state index >= 15 is 0 Å². The van der Waals surface area contributed by atoms with Gasteiger partial charge in [0.1, 0.15) is 0 Å². The van der Waals surface area contributed by atoms with E-state index in [4.69, 9.17) is 10.8 Å². The lowest BCUT2D eigenvalue weighted by molar-refractivity contribution is 0.0698. The van der Waals surface area contributed by atoms with Crippen LogP contribution in [0.15, 0.2) is 18.2 Å². The summed E-state index contributed by atoms with van der Waals surface area (Å²) in [5.74, 6) is -0.272. The Morgan fingerprint density at radius 1 is 1.37 bits per heavy atom. The SMILES string of the molecule is Nc1ccc(NC2CN3CCC2CC3)cc1C(=O)O. The Labute approximate surface area is 112 Å². The zero-order chi connectivity index (χ0) is 13.4. The van der Waals surface area contributed by atoms with Crippen molar-refractivity contribution < 1.29 is 9.90 Å². The molecule has 0 spiro atoms. The van der Waals surface area contributed by atoms with Crippen LogP contribution in [0.2, 0.25) is 0 Å². The average molecular weight is 261 g/mol. The molecule has 3 aliphatic heterocycles. The molecule has 0 amide bonds. The molecule has 3 aliphatic rings. The summed E-state index contributed by atoms with van der Waals surface area (Å²) in [6.45, 7) is 3.45. The molecule has 1 unspecified atom stereocenters. The first-order valence-electron chi connectivity index (χ1n) is 6.75. The molecule has 5 nitrogen and oxygen atoms in total. The molecule has 3 heterocycles. The second-order valence-electron chi connectivity index (χ2n) is 5.50. The fourth-order valence-electron chi connectivity index (χ4n) is 3.17. The third kappa shape index (κ3) is 2.38. The van der Waals surface area contributed by atoms with Crippen LogP contribution in [0.1, 0.15) is 23.2 Å². The number of aromatic carboxylic acids is 1. The van der Waals surface area contributed by atoms with Crippen LogP contribution < -0.4 is 11.1 Å². The quantitative estimate of drug-likeness (QED) is 0.718. The third-order valence-corrected chi connectivity index (χ3v) is 4.29. The molecule has 0 radical (unpaired) electrons. The van der Waals surface area contributed by atoms with Gasteiger partial charge >= 0.3 is 5.97 Å². The maximum Gasteiger partial charge on any atom is 0.337 e. The number of rotatable bonds is 3. The molecule has 5 heteroatoms. The van der Waals surface area contributed by atoms with E-state index in [1.807, 2.05) is 6.07 Å². The molecule has 4 N–H and O–H groups in total. The van der Waals surface area contributed by atoms with Crippen LogP contribution >= 0.6 is 0 Å². The molecular formula is C14H19N3O2. The van der Waals surface area contributed by atoms with Gasteiger partial charge in [-0.25, -0.2) is 4.79 Å². The van der Waals surface area contributed by atoms with Crippen LogP contribution in [0.5, 0.6) is 0 Å². The van der Waals surface area contributed by atoms with Gasteiger partial charge in [-0.3, -0.25) is 0 Å². The second kappa shape index (κ2) is 4.74. The van der Waals surface area contributed by atoms with Crippen molar-refractivity contribution in [2.45, 2.75) is 18.9 Å². The summed E-state index contributed by atoms with van der Waals surface area (Å²) in [5.41, 5.74) is 7.00. The zero-order valence-electron chi connectivity index (χ0n) is 10.8.